The highest BCUT2D eigenvalue weighted by atomic mass is 19.4. The molecule has 1 aromatic heterocycles. The first kappa shape index (κ1) is 26.8. The van der Waals surface area contributed by atoms with Crippen LogP contribution in [0.2, 0.25) is 0 Å². The van der Waals surface area contributed by atoms with Crippen LogP contribution < -0.4 is 27.2 Å². The van der Waals surface area contributed by atoms with Gasteiger partial charge in [0.1, 0.15) is 0 Å². The molecule has 0 bridgehead atoms. The number of aromatic nitrogens is 2. The molecular weight excluding hydrogens is 471 g/mol. The molecule has 0 atom stereocenters. The van der Waals surface area contributed by atoms with Crippen LogP contribution in [0.3, 0.4) is 0 Å². The molecule has 0 aliphatic heterocycles. The summed E-state index contributed by atoms with van der Waals surface area (Å²) in [7, 11) is 3.51. The van der Waals surface area contributed by atoms with Crippen molar-refractivity contribution in [3.63, 3.8) is 0 Å². The SMILES string of the molecule is CNCCc1cc(NC(=O)c2ccc(C)c(N(N)/C=C(\N)c3cnn(C)c3C)c2)cc(C(F)(F)F)c1. The number of likely N-dealkylation sites (N-methyl/N-ethyl adjacent to an activating group) is 1. The summed E-state index contributed by atoms with van der Waals surface area (Å²) in [4.78, 5) is 13.0. The number of hydrazine groups is 1. The average Bonchev–Trinajstić information content (AvgIpc) is 3.15. The quantitative estimate of drug-likeness (QED) is 0.276. The smallest absolute Gasteiger partial charge is 0.397 e. The minimum atomic E-state index is -4.54. The first-order chi connectivity index (χ1) is 16.9. The van der Waals surface area contributed by atoms with E-state index in [1.807, 2.05) is 13.8 Å². The standard InChI is InChI=1S/C25H30F3N7O/c1-15-5-6-18(11-23(15)35(30)14-22(29)21-13-32-34(4)16(21)2)24(36)33-20-10-17(7-8-31-3)9-19(12-20)25(26,27)28/h5-6,9-14,31H,7-8,29-30H2,1-4H3,(H,33,36)/b22-14-. The van der Waals surface area contributed by atoms with E-state index >= 15 is 0 Å². The summed E-state index contributed by atoms with van der Waals surface area (Å²) in [5.74, 6) is 5.67. The van der Waals surface area contributed by atoms with Gasteiger partial charge in [0.25, 0.3) is 5.91 Å². The number of carbonyl (C=O) groups excluding carboxylic acids is 1. The summed E-state index contributed by atoms with van der Waals surface area (Å²) in [5.41, 5.74) is 9.37. The molecule has 8 nitrogen and oxygen atoms in total. The summed E-state index contributed by atoms with van der Waals surface area (Å²) in [5, 5.41) is 11.0. The van der Waals surface area contributed by atoms with Crippen molar-refractivity contribution in [2.45, 2.75) is 26.4 Å². The lowest BCUT2D eigenvalue weighted by Crippen LogP contribution is -2.27. The fourth-order valence-electron chi connectivity index (χ4n) is 3.64. The summed E-state index contributed by atoms with van der Waals surface area (Å²) in [6.07, 6.45) is -1.00. The van der Waals surface area contributed by atoms with Crippen molar-refractivity contribution in [1.82, 2.24) is 15.1 Å². The number of nitrogens with one attached hydrogen (secondary N) is 2. The Bertz CT molecular complexity index is 1280. The van der Waals surface area contributed by atoms with E-state index in [0.29, 0.717) is 29.9 Å². The molecule has 11 heteroatoms. The Morgan fingerprint density at radius 2 is 1.92 bits per heavy atom. The van der Waals surface area contributed by atoms with Gasteiger partial charge in [-0.05, 0) is 75.3 Å². The van der Waals surface area contributed by atoms with Crippen LogP contribution >= 0.6 is 0 Å². The Labute approximate surface area is 207 Å². The first-order valence-electron chi connectivity index (χ1n) is 11.2. The van der Waals surface area contributed by atoms with Gasteiger partial charge < -0.3 is 16.4 Å². The summed E-state index contributed by atoms with van der Waals surface area (Å²) < 4.78 is 41.9. The van der Waals surface area contributed by atoms with Crippen molar-refractivity contribution in [3.05, 3.63) is 82.3 Å². The molecule has 2 aromatic carbocycles. The van der Waals surface area contributed by atoms with E-state index in [-0.39, 0.29) is 11.3 Å². The largest absolute Gasteiger partial charge is 0.416 e. The first-order valence-corrected chi connectivity index (χ1v) is 11.2. The zero-order valence-electron chi connectivity index (χ0n) is 20.6. The number of alkyl halides is 3. The van der Waals surface area contributed by atoms with Gasteiger partial charge in [0.15, 0.2) is 0 Å². The third kappa shape index (κ3) is 6.23. The lowest BCUT2D eigenvalue weighted by atomic mass is 10.1. The Hall–Kier alpha value is -3.83. The topological polar surface area (TPSA) is 114 Å². The van der Waals surface area contributed by atoms with Crippen molar-refractivity contribution in [2.24, 2.45) is 18.6 Å². The van der Waals surface area contributed by atoms with Crippen LogP contribution in [0.15, 0.2) is 48.8 Å². The maximum atomic E-state index is 13.4. The number of hydrogen-bond acceptors (Lipinski definition) is 6. The second-order valence-electron chi connectivity index (χ2n) is 8.48. The number of aryl methyl sites for hydroxylation is 2. The molecule has 0 radical (unpaired) electrons. The Kier molecular flexibility index (Phi) is 8.06. The number of halogens is 3. The van der Waals surface area contributed by atoms with Crippen LogP contribution in [0.25, 0.3) is 5.70 Å². The molecule has 36 heavy (non-hydrogen) atoms. The van der Waals surface area contributed by atoms with E-state index in [0.717, 1.165) is 29.0 Å². The average molecular weight is 502 g/mol. The normalized spacial score (nSPS) is 12.1. The van der Waals surface area contributed by atoms with E-state index in [9.17, 15) is 18.0 Å². The molecule has 3 aromatic rings. The molecule has 0 unspecified atom stereocenters. The summed E-state index contributed by atoms with van der Waals surface area (Å²) >= 11 is 0. The molecular formula is C25H30F3N7O. The predicted molar refractivity (Wildman–Crippen MR) is 135 cm³/mol. The molecule has 1 heterocycles. The number of carbonyl (C=O) groups is 1. The Morgan fingerprint density at radius 3 is 2.53 bits per heavy atom. The van der Waals surface area contributed by atoms with E-state index in [1.54, 1.807) is 43.2 Å². The fourth-order valence-corrected chi connectivity index (χ4v) is 3.64. The second kappa shape index (κ2) is 10.8. The lowest BCUT2D eigenvalue weighted by Gasteiger charge is -2.19. The van der Waals surface area contributed by atoms with E-state index in [2.05, 4.69) is 15.7 Å². The van der Waals surface area contributed by atoms with Gasteiger partial charge in [-0.2, -0.15) is 18.3 Å². The van der Waals surface area contributed by atoms with Gasteiger partial charge in [-0.1, -0.05) is 6.07 Å². The van der Waals surface area contributed by atoms with Gasteiger partial charge in [-0.15, -0.1) is 0 Å². The molecule has 0 aliphatic carbocycles. The van der Waals surface area contributed by atoms with Crippen molar-refractivity contribution in [1.29, 1.82) is 0 Å². The minimum Gasteiger partial charge on any atom is -0.397 e. The molecule has 0 spiro atoms. The number of amides is 1. The Balaban J connectivity index is 1.87. The number of nitrogens with zero attached hydrogens (tertiary/aromatic N) is 3. The van der Waals surface area contributed by atoms with Gasteiger partial charge >= 0.3 is 6.18 Å². The molecule has 1 amide bonds. The number of nitrogens with two attached hydrogens (primary N) is 2. The molecule has 192 valence electrons. The van der Waals surface area contributed by atoms with Gasteiger partial charge in [0.2, 0.25) is 0 Å². The van der Waals surface area contributed by atoms with Crippen LogP contribution in [0.4, 0.5) is 24.5 Å². The predicted octanol–water partition coefficient (Wildman–Crippen LogP) is 3.71. The van der Waals surface area contributed by atoms with Crippen LogP contribution in [0.5, 0.6) is 0 Å². The maximum Gasteiger partial charge on any atom is 0.416 e. The third-order valence-electron chi connectivity index (χ3n) is 5.82. The molecule has 6 N–H and O–H groups in total. The third-order valence-corrected chi connectivity index (χ3v) is 5.82. The van der Waals surface area contributed by atoms with E-state index in [4.69, 9.17) is 11.6 Å². The highest BCUT2D eigenvalue weighted by molar-refractivity contribution is 6.05. The highest BCUT2D eigenvalue weighted by Crippen LogP contribution is 2.32. The van der Waals surface area contributed by atoms with E-state index in [1.165, 1.54) is 17.3 Å². The number of hydrogen-bond donors (Lipinski definition) is 4. The summed E-state index contributed by atoms with van der Waals surface area (Å²) in [6.45, 7) is 4.19. The number of benzene rings is 2. The zero-order valence-corrected chi connectivity index (χ0v) is 20.6. The monoisotopic (exact) mass is 501 g/mol. The van der Waals surface area contributed by atoms with Crippen LogP contribution in [0.1, 0.15) is 38.3 Å². The molecule has 0 saturated carbocycles. The maximum absolute atomic E-state index is 13.4. The molecule has 0 fully saturated rings. The number of anilines is 2. The van der Waals surface area contributed by atoms with Crippen molar-refractivity contribution in [3.8, 4) is 0 Å². The zero-order chi connectivity index (χ0) is 26.6. The highest BCUT2D eigenvalue weighted by Gasteiger charge is 2.31. The van der Waals surface area contributed by atoms with Crippen LogP contribution in [-0.2, 0) is 19.6 Å². The molecule has 3 rings (SSSR count). The van der Waals surface area contributed by atoms with Gasteiger partial charge in [0.05, 0.1) is 23.1 Å². The van der Waals surface area contributed by atoms with Crippen molar-refractivity contribution < 1.29 is 18.0 Å². The van der Waals surface area contributed by atoms with Crippen molar-refractivity contribution in [2.75, 3.05) is 23.9 Å². The number of rotatable bonds is 8. The van der Waals surface area contributed by atoms with E-state index < -0.39 is 17.6 Å². The van der Waals surface area contributed by atoms with Gasteiger partial charge in [-0.25, -0.2) is 5.84 Å². The minimum absolute atomic E-state index is 0.0591. The van der Waals surface area contributed by atoms with Crippen LogP contribution in [0, 0.1) is 13.8 Å². The second-order valence-corrected chi connectivity index (χ2v) is 8.48. The van der Waals surface area contributed by atoms with Gasteiger partial charge in [0, 0.05) is 35.8 Å². The van der Waals surface area contributed by atoms with Gasteiger partial charge in [-0.3, -0.25) is 14.5 Å². The van der Waals surface area contributed by atoms with Crippen LogP contribution in [-0.4, -0.2) is 29.3 Å². The molecule has 0 aliphatic rings. The Morgan fingerprint density at radius 1 is 1.19 bits per heavy atom. The summed E-state index contributed by atoms with van der Waals surface area (Å²) in [6, 6.07) is 8.38. The lowest BCUT2D eigenvalue weighted by molar-refractivity contribution is -0.137. The fraction of sp³-hybridized carbons (Fsp3) is 0.280. The molecule has 0 saturated heterocycles. The van der Waals surface area contributed by atoms with Crippen molar-refractivity contribution >= 4 is 23.0 Å².